The molecular formula is C15H23FN2O. The van der Waals surface area contributed by atoms with Gasteiger partial charge >= 0.3 is 0 Å². The molecule has 2 N–H and O–H groups in total. The van der Waals surface area contributed by atoms with Gasteiger partial charge in [-0.1, -0.05) is 13.0 Å². The molecule has 0 aromatic heterocycles. The number of piperidine rings is 1. The smallest absolute Gasteiger partial charge is 0.146 e. The number of anilines is 1. The quantitative estimate of drug-likeness (QED) is 0.857. The van der Waals surface area contributed by atoms with E-state index in [9.17, 15) is 9.50 Å². The standard InChI is InChI=1S/C15H23FN2O/c1-2-17-9-12-5-6-15(14(16)8-12)18-7-3-4-13(10-18)11-19/h5-6,8,13,17,19H,2-4,7,9-11H2,1H3. The fourth-order valence-electron chi connectivity index (χ4n) is 2.62. The molecule has 106 valence electrons. The molecule has 4 heteroatoms. The van der Waals surface area contributed by atoms with Crippen LogP contribution in [0, 0.1) is 11.7 Å². The van der Waals surface area contributed by atoms with Gasteiger partial charge in [0.15, 0.2) is 0 Å². The van der Waals surface area contributed by atoms with Crippen LogP contribution < -0.4 is 10.2 Å². The van der Waals surface area contributed by atoms with Gasteiger partial charge in [-0.05, 0) is 43.0 Å². The number of aliphatic hydroxyl groups is 1. The van der Waals surface area contributed by atoms with Crippen LogP contribution in [0.3, 0.4) is 0 Å². The fourth-order valence-corrected chi connectivity index (χ4v) is 2.62. The minimum Gasteiger partial charge on any atom is -0.396 e. The molecule has 0 bridgehead atoms. The second-order valence-corrected chi connectivity index (χ2v) is 5.20. The van der Waals surface area contributed by atoms with Crippen LogP contribution in [-0.4, -0.2) is 31.3 Å². The van der Waals surface area contributed by atoms with Crippen molar-refractivity contribution in [1.29, 1.82) is 0 Å². The van der Waals surface area contributed by atoms with Crippen molar-refractivity contribution < 1.29 is 9.50 Å². The molecule has 0 spiro atoms. The largest absolute Gasteiger partial charge is 0.396 e. The number of nitrogens with one attached hydrogen (secondary N) is 1. The first-order valence-corrected chi connectivity index (χ1v) is 7.09. The van der Waals surface area contributed by atoms with Gasteiger partial charge < -0.3 is 15.3 Å². The Bertz CT molecular complexity index is 411. The Morgan fingerprint density at radius 3 is 3.00 bits per heavy atom. The molecule has 0 aliphatic carbocycles. The van der Waals surface area contributed by atoms with E-state index >= 15 is 0 Å². The lowest BCUT2D eigenvalue weighted by molar-refractivity contribution is 0.208. The Labute approximate surface area is 114 Å². The molecule has 3 nitrogen and oxygen atoms in total. The fraction of sp³-hybridized carbons (Fsp3) is 0.600. The molecule has 1 aromatic rings. The first-order chi connectivity index (χ1) is 9.24. The van der Waals surface area contributed by atoms with Crippen molar-refractivity contribution in [1.82, 2.24) is 5.32 Å². The van der Waals surface area contributed by atoms with Crippen LogP contribution in [0.15, 0.2) is 18.2 Å². The summed E-state index contributed by atoms with van der Waals surface area (Å²) in [6, 6.07) is 5.45. The van der Waals surface area contributed by atoms with Gasteiger partial charge in [0.2, 0.25) is 0 Å². The number of benzene rings is 1. The highest BCUT2D eigenvalue weighted by Gasteiger charge is 2.21. The van der Waals surface area contributed by atoms with Crippen molar-refractivity contribution in [2.75, 3.05) is 31.1 Å². The van der Waals surface area contributed by atoms with Crippen LogP contribution in [0.2, 0.25) is 0 Å². The van der Waals surface area contributed by atoms with Crippen LogP contribution in [0.1, 0.15) is 25.3 Å². The number of rotatable bonds is 5. The molecule has 0 saturated carbocycles. The summed E-state index contributed by atoms with van der Waals surface area (Å²) in [7, 11) is 0. The average Bonchev–Trinajstić information content (AvgIpc) is 2.45. The zero-order chi connectivity index (χ0) is 13.7. The SMILES string of the molecule is CCNCc1ccc(N2CCCC(CO)C2)c(F)c1. The number of halogens is 1. The third-order valence-corrected chi connectivity index (χ3v) is 3.71. The molecule has 1 atom stereocenters. The van der Waals surface area contributed by atoms with Crippen molar-refractivity contribution in [3.8, 4) is 0 Å². The minimum atomic E-state index is -0.158. The lowest BCUT2D eigenvalue weighted by Crippen LogP contribution is -2.37. The molecule has 0 radical (unpaired) electrons. The summed E-state index contributed by atoms with van der Waals surface area (Å²) in [4.78, 5) is 2.05. The molecule has 1 saturated heterocycles. The van der Waals surface area contributed by atoms with Gasteiger partial charge in [0.1, 0.15) is 5.82 Å². The molecule has 1 heterocycles. The van der Waals surface area contributed by atoms with Crippen molar-refractivity contribution in [2.24, 2.45) is 5.92 Å². The molecule has 1 aliphatic heterocycles. The Balaban J connectivity index is 2.07. The Kier molecular flexibility index (Phi) is 5.16. The predicted octanol–water partition coefficient (Wildman–Crippen LogP) is 2.14. The summed E-state index contributed by atoms with van der Waals surface area (Å²) in [5, 5.41) is 12.4. The summed E-state index contributed by atoms with van der Waals surface area (Å²) < 4.78 is 14.2. The maximum Gasteiger partial charge on any atom is 0.146 e. The molecule has 1 aromatic carbocycles. The summed E-state index contributed by atoms with van der Waals surface area (Å²) in [6.07, 6.45) is 2.05. The first-order valence-electron chi connectivity index (χ1n) is 7.09. The van der Waals surface area contributed by atoms with Gasteiger partial charge in [-0.3, -0.25) is 0 Å². The van der Waals surface area contributed by atoms with E-state index in [1.165, 1.54) is 0 Å². The predicted molar refractivity (Wildman–Crippen MR) is 75.8 cm³/mol. The second-order valence-electron chi connectivity index (χ2n) is 5.20. The molecule has 19 heavy (non-hydrogen) atoms. The molecule has 1 fully saturated rings. The van der Waals surface area contributed by atoms with Crippen molar-refractivity contribution in [2.45, 2.75) is 26.3 Å². The Hall–Kier alpha value is -1.13. The summed E-state index contributed by atoms with van der Waals surface area (Å²) in [5.41, 5.74) is 1.64. The van der Waals surface area contributed by atoms with Gasteiger partial charge in [-0.15, -0.1) is 0 Å². The molecule has 0 amide bonds. The van der Waals surface area contributed by atoms with E-state index in [1.54, 1.807) is 6.07 Å². The highest BCUT2D eigenvalue weighted by atomic mass is 19.1. The van der Waals surface area contributed by atoms with Crippen LogP contribution >= 0.6 is 0 Å². The van der Waals surface area contributed by atoms with Gasteiger partial charge in [-0.2, -0.15) is 0 Å². The van der Waals surface area contributed by atoms with Crippen molar-refractivity contribution in [3.05, 3.63) is 29.6 Å². The normalized spacial score (nSPS) is 19.7. The topological polar surface area (TPSA) is 35.5 Å². The highest BCUT2D eigenvalue weighted by Crippen LogP contribution is 2.26. The number of hydrogen-bond donors (Lipinski definition) is 2. The average molecular weight is 266 g/mol. The maximum absolute atomic E-state index is 14.2. The Morgan fingerprint density at radius 1 is 1.47 bits per heavy atom. The third-order valence-electron chi connectivity index (χ3n) is 3.71. The van der Waals surface area contributed by atoms with Gasteiger partial charge in [0.25, 0.3) is 0 Å². The van der Waals surface area contributed by atoms with Gasteiger partial charge in [0.05, 0.1) is 5.69 Å². The van der Waals surface area contributed by atoms with E-state index in [0.29, 0.717) is 12.2 Å². The van der Waals surface area contributed by atoms with Crippen LogP contribution in [-0.2, 0) is 6.54 Å². The lowest BCUT2D eigenvalue weighted by atomic mass is 9.98. The highest BCUT2D eigenvalue weighted by molar-refractivity contribution is 5.49. The molecule has 1 aliphatic rings. The van der Waals surface area contributed by atoms with Gasteiger partial charge in [-0.25, -0.2) is 4.39 Å². The minimum absolute atomic E-state index is 0.158. The van der Waals surface area contributed by atoms with Crippen LogP contribution in [0.4, 0.5) is 10.1 Å². The second kappa shape index (κ2) is 6.87. The van der Waals surface area contributed by atoms with E-state index in [0.717, 1.165) is 38.0 Å². The number of aliphatic hydroxyl groups excluding tert-OH is 1. The molecular weight excluding hydrogens is 243 g/mol. The number of hydrogen-bond acceptors (Lipinski definition) is 3. The zero-order valence-corrected chi connectivity index (χ0v) is 11.5. The monoisotopic (exact) mass is 266 g/mol. The first kappa shape index (κ1) is 14.3. The van der Waals surface area contributed by atoms with Crippen LogP contribution in [0.5, 0.6) is 0 Å². The Morgan fingerprint density at radius 2 is 2.32 bits per heavy atom. The van der Waals surface area contributed by atoms with Crippen molar-refractivity contribution in [3.63, 3.8) is 0 Å². The van der Waals surface area contributed by atoms with E-state index in [-0.39, 0.29) is 18.3 Å². The van der Waals surface area contributed by atoms with E-state index in [2.05, 4.69) is 10.2 Å². The summed E-state index contributed by atoms with van der Waals surface area (Å²) >= 11 is 0. The zero-order valence-electron chi connectivity index (χ0n) is 11.5. The third kappa shape index (κ3) is 3.67. The van der Waals surface area contributed by atoms with Crippen LogP contribution in [0.25, 0.3) is 0 Å². The molecule has 2 rings (SSSR count). The van der Waals surface area contributed by atoms with Crippen molar-refractivity contribution >= 4 is 5.69 Å². The molecule has 1 unspecified atom stereocenters. The lowest BCUT2D eigenvalue weighted by Gasteiger charge is -2.33. The van der Waals surface area contributed by atoms with Gasteiger partial charge in [0, 0.05) is 26.2 Å². The van der Waals surface area contributed by atoms with E-state index in [1.807, 2.05) is 19.1 Å². The van der Waals surface area contributed by atoms with E-state index < -0.39 is 0 Å². The maximum atomic E-state index is 14.2. The number of nitrogens with zero attached hydrogens (tertiary/aromatic N) is 1. The van der Waals surface area contributed by atoms with E-state index in [4.69, 9.17) is 0 Å². The summed E-state index contributed by atoms with van der Waals surface area (Å²) in [5.74, 6) is 0.114. The summed E-state index contributed by atoms with van der Waals surface area (Å²) in [6.45, 7) is 5.44.